The molecule has 4 rings (SSSR count). The van der Waals surface area contributed by atoms with Crippen LogP contribution in [-0.2, 0) is 14.8 Å². The molecule has 39 heavy (non-hydrogen) atoms. The van der Waals surface area contributed by atoms with E-state index in [1.807, 2.05) is 14.1 Å². The van der Waals surface area contributed by atoms with E-state index in [1.165, 1.54) is 50.8 Å². The van der Waals surface area contributed by atoms with Gasteiger partial charge in [-0.15, -0.1) is 13.2 Å². The number of hydrogen-bond acceptors (Lipinski definition) is 7. The molecule has 2 aromatic rings. The number of hydrogen-bond donors (Lipinski definition) is 2. The molecule has 1 aromatic carbocycles. The summed E-state index contributed by atoms with van der Waals surface area (Å²) in [5.74, 6) is 1.58. The van der Waals surface area contributed by atoms with Gasteiger partial charge in [-0.05, 0) is 62.4 Å². The van der Waals surface area contributed by atoms with Crippen molar-refractivity contribution in [2.45, 2.75) is 57.6 Å². The second-order valence-electron chi connectivity index (χ2n) is 10.2. The van der Waals surface area contributed by atoms with Crippen LogP contribution < -0.4 is 14.9 Å². The van der Waals surface area contributed by atoms with E-state index in [0.29, 0.717) is 0 Å². The molecular formula is C27H38F3N5O3S. The fraction of sp³-hybridized carbons (Fsp3) is 0.556. The zero-order chi connectivity index (χ0) is 28.8. The number of halogens is 3. The first-order valence-electron chi connectivity index (χ1n) is 13.1. The monoisotopic (exact) mass is 569 g/mol. The van der Waals surface area contributed by atoms with Crippen LogP contribution in [-0.4, -0.2) is 57.7 Å². The van der Waals surface area contributed by atoms with Crippen LogP contribution in [0, 0.1) is 18.8 Å². The molecule has 0 amide bonds. The highest BCUT2D eigenvalue weighted by atomic mass is 32.2. The smallest absolute Gasteiger partial charge is 0.406 e. The molecule has 2 N–H and O–H groups in total. The molecule has 2 atom stereocenters. The highest BCUT2D eigenvalue weighted by Crippen LogP contribution is 2.29. The zero-order valence-electron chi connectivity index (χ0n) is 23.0. The lowest BCUT2D eigenvalue weighted by atomic mass is 9.89. The average molecular weight is 570 g/mol. The first kappa shape index (κ1) is 30.7. The van der Waals surface area contributed by atoms with Crippen molar-refractivity contribution in [2.24, 2.45) is 11.8 Å². The topological polar surface area (TPSA) is 96.5 Å². The number of ether oxygens (including phenoxy) is 1. The van der Waals surface area contributed by atoms with Gasteiger partial charge in [0, 0.05) is 26.0 Å². The van der Waals surface area contributed by atoms with Gasteiger partial charge in [0.1, 0.15) is 16.8 Å². The molecule has 1 aromatic heterocycles. The van der Waals surface area contributed by atoms with Crippen LogP contribution in [0.15, 0.2) is 42.2 Å². The summed E-state index contributed by atoms with van der Waals surface area (Å²) >= 11 is 0. The van der Waals surface area contributed by atoms with Crippen LogP contribution in [0.1, 0.15) is 44.6 Å². The van der Waals surface area contributed by atoms with E-state index in [4.69, 9.17) is 9.97 Å². The predicted molar refractivity (Wildman–Crippen MR) is 149 cm³/mol. The lowest BCUT2D eigenvalue weighted by Crippen LogP contribution is -2.36. The Hall–Kier alpha value is -2.86. The largest absolute Gasteiger partial charge is 0.573 e. The number of aromatic nitrogens is 2. The molecule has 216 valence electrons. The Bertz CT molecular complexity index is 1290. The molecule has 0 aliphatic heterocycles. The van der Waals surface area contributed by atoms with Gasteiger partial charge in [0.25, 0.3) is 0 Å². The number of nitrogens with one attached hydrogen (secondary N) is 2. The van der Waals surface area contributed by atoms with Crippen LogP contribution in [0.3, 0.4) is 0 Å². The number of alkyl halides is 3. The minimum Gasteiger partial charge on any atom is -0.406 e. The maximum Gasteiger partial charge on any atom is 0.573 e. The summed E-state index contributed by atoms with van der Waals surface area (Å²) in [6.45, 7) is 4.70. The predicted octanol–water partition coefficient (Wildman–Crippen LogP) is 5.53. The number of aryl methyl sites for hydroxylation is 1. The number of benzene rings is 1. The molecule has 2 aliphatic rings. The molecule has 2 unspecified atom stereocenters. The minimum atomic E-state index is -4.83. The molecule has 0 saturated heterocycles. The van der Waals surface area contributed by atoms with E-state index in [1.54, 1.807) is 6.92 Å². The molecule has 0 bridgehead atoms. The molecule has 12 heteroatoms. The van der Waals surface area contributed by atoms with Gasteiger partial charge >= 0.3 is 6.36 Å². The van der Waals surface area contributed by atoms with Crippen molar-refractivity contribution in [1.29, 1.82) is 0 Å². The Morgan fingerprint density at radius 1 is 1.13 bits per heavy atom. The third-order valence-corrected chi connectivity index (χ3v) is 8.74. The maximum atomic E-state index is 12.0. The molecular weight excluding hydrogens is 531 g/mol. The summed E-state index contributed by atoms with van der Waals surface area (Å²) in [4.78, 5) is 11.5. The Morgan fingerprint density at radius 3 is 2.44 bits per heavy atom. The Labute approximate surface area is 228 Å². The summed E-state index contributed by atoms with van der Waals surface area (Å²) in [7, 11) is 1.60. The van der Waals surface area contributed by atoms with Gasteiger partial charge < -0.3 is 15.0 Å². The first-order chi connectivity index (χ1) is 18.3. The Morgan fingerprint density at radius 2 is 1.82 bits per heavy atom. The molecule has 1 fully saturated rings. The third-order valence-electron chi connectivity index (χ3n) is 6.89. The van der Waals surface area contributed by atoms with Gasteiger partial charge in [0.2, 0.25) is 16.0 Å². The molecule has 1 saturated carbocycles. The van der Waals surface area contributed by atoms with Crippen molar-refractivity contribution in [1.82, 2.24) is 14.7 Å². The number of nitrogens with zero attached hydrogens (tertiary/aromatic N) is 3. The van der Waals surface area contributed by atoms with Crippen molar-refractivity contribution in [3.63, 3.8) is 0 Å². The first-order valence-corrected chi connectivity index (χ1v) is 14.6. The SMILES string of the molecule is CNS(=O)(=O)C1C=C(OC(F)(F)F)C=CC1C.Cc1cccc2c(N(C)C)nc(NCC3CCCCC3)nc12. The second kappa shape index (κ2) is 13.0. The van der Waals surface area contributed by atoms with Gasteiger partial charge in [-0.3, -0.25) is 0 Å². The normalized spacial score (nSPS) is 20.2. The lowest BCUT2D eigenvalue weighted by Gasteiger charge is -2.23. The molecule has 2 aliphatic carbocycles. The summed E-state index contributed by atoms with van der Waals surface area (Å²) in [5.41, 5.74) is 2.25. The third kappa shape index (κ3) is 8.56. The quantitative estimate of drug-likeness (QED) is 0.453. The zero-order valence-corrected chi connectivity index (χ0v) is 23.9. The van der Waals surface area contributed by atoms with Crippen LogP contribution in [0.4, 0.5) is 24.9 Å². The fourth-order valence-electron chi connectivity index (χ4n) is 4.76. The van der Waals surface area contributed by atoms with Crippen molar-refractivity contribution in [3.8, 4) is 0 Å². The van der Waals surface area contributed by atoms with Crippen LogP contribution in [0.2, 0.25) is 0 Å². The van der Waals surface area contributed by atoms with Crippen molar-refractivity contribution >= 4 is 32.7 Å². The standard InChI is InChI=1S/C18H26N4.C9H12F3NO3S/c1-13-8-7-11-15-16(13)20-18(21-17(15)22(2)3)19-12-14-9-5-4-6-10-14;1-6-3-4-7(16-9(10,11)12)5-8(6)17(14,15)13-2/h7-8,11,14H,4-6,9-10,12H2,1-3H3,(H,19,20,21);3-6,8,13H,1-2H3. The minimum absolute atomic E-state index is 0.423. The van der Waals surface area contributed by atoms with E-state index in [2.05, 4.69) is 44.8 Å². The average Bonchev–Trinajstić information content (AvgIpc) is 2.88. The maximum absolute atomic E-state index is 12.0. The Balaban J connectivity index is 0.000000224. The molecule has 0 radical (unpaired) electrons. The van der Waals surface area contributed by atoms with Crippen molar-refractivity contribution in [2.75, 3.05) is 37.9 Å². The van der Waals surface area contributed by atoms with E-state index in [9.17, 15) is 21.6 Å². The Kier molecular flexibility index (Phi) is 10.2. The van der Waals surface area contributed by atoms with Gasteiger partial charge in [-0.1, -0.05) is 44.4 Å². The van der Waals surface area contributed by atoms with Gasteiger partial charge in [-0.2, -0.15) is 4.98 Å². The summed E-state index contributed by atoms with van der Waals surface area (Å²) in [5, 5.41) is 3.52. The van der Waals surface area contributed by atoms with Crippen LogP contribution in [0.5, 0.6) is 0 Å². The highest BCUT2D eigenvalue weighted by Gasteiger charge is 2.35. The van der Waals surface area contributed by atoms with E-state index in [-0.39, 0.29) is 0 Å². The van der Waals surface area contributed by atoms with E-state index >= 15 is 0 Å². The van der Waals surface area contributed by atoms with Crippen molar-refractivity contribution in [3.05, 3.63) is 47.7 Å². The summed E-state index contributed by atoms with van der Waals surface area (Å²) < 4.78 is 64.8. The summed E-state index contributed by atoms with van der Waals surface area (Å²) in [6.07, 6.45) is 5.39. The van der Waals surface area contributed by atoms with Crippen molar-refractivity contribution < 1.29 is 26.3 Å². The van der Waals surface area contributed by atoms with Gasteiger partial charge in [-0.25, -0.2) is 18.1 Å². The number of para-hydroxylation sites is 1. The molecule has 1 heterocycles. The number of anilines is 2. The second-order valence-corrected chi connectivity index (χ2v) is 12.2. The summed E-state index contributed by atoms with van der Waals surface area (Å²) in [6, 6.07) is 6.28. The van der Waals surface area contributed by atoms with E-state index < -0.39 is 33.3 Å². The van der Waals surface area contributed by atoms with Gasteiger partial charge in [0.05, 0.1) is 5.52 Å². The molecule has 8 nitrogen and oxygen atoms in total. The van der Waals surface area contributed by atoms with Crippen LogP contribution in [0.25, 0.3) is 10.9 Å². The number of sulfonamides is 1. The van der Waals surface area contributed by atoms with Gasteiger partial charge in [0.15, 0.2) is 0 Å². The lowest BCUT2D eigenvalue weighted by molar-refractivity contribution is -0.303. The fourth-order valence-corrected chi connectivity index (χ4v) is 6.00. The van der Waals surface area contributed by atoms with E-state index in [0.717, 1.165) is 47.3 Å². The van der Waals surface area contributed by atoms with Crippen LogP contribution >= 0.6 is 0 Å². The highest BCUT2D eigenvalue weighted by molar-refractivity contribution is 7.90. The number of rotatable bonds is 7. The number of fused-ring (bicyclic) bond motifs is 1. The molecule has 0 spiro atoms. The number of allylic oxidation sites excluding steroid dienone is 2.